The van der Waals surface area contributed by atoms with Crippen LogP contribution in [0.2, 0.25) is 0 Å². The molecule has 1 aliphatic rings. The first kappa shape index (κ1) is 9.23. The smallest absolute Gasteiger partial charge is 0.426 e. The molecule has 1 heterocycles. The number of halogens is 1. The fraction of sp³-hybridized carbons (Fsp3) is 1.00. The molecule has 0 bridgehead atoms. The van der Waals surface area contributed by atoms with Gasteiger partial charge < -0.3 is 15.4 Å². The molecular formula is C4H11BClNO2. The molecule has 0 aromatic carbocycles. The summed E-state index contributed by atoms with van der Waals surface area (Å²) in [5.74, 6) is -0.163. The molecular weight excluding hydrogens is 140 g/mol. The maximum atomic E-state index is 8.83. The number of hydrogen-bond acceptors (Lipinski definition) is 3. The van der Waals surface area contributed by atoms with Crippen LogP contribution in [0.3, 0.4) is 0 Å². The van der Waals surface area contributed by atoms with Crippen LogP contribution in [0.5, 0.6) is 0 Å². The van der Waals surface area contributed by atoms with Gasteiger partial charge in [-0.1, -0.05) is 0 Å². The van der Waals surface area contributed by atoms with Crippen LogP contribution in [-0.2, 0) is 4.65 Å². The van der Waals surface area contributed by atoms with Crippen molar-refractivity contribution in [3.63, 3.8) is 0 Å². The van der Waals surface area contributed by atoms with Crippen molar-refractivity contribution in [3.05, 3.63) is 0 Å². The fourth-order valence-electron chi connectivity index (χ4n) is 0.789. The first-order valence-electron chi connectivity index (χ1n) is 2.86. The summed E-state index contributed by atoms with van der Waals surface area (Å²) in [4.78, 5) is 0. The Bertz CT molecular complexity index is 75.0. The Hall–Kier alpha value is 0.235. The summed E-state index contributed by atoms with van der Waals surface area (Å²) in [6.45, 7) is 0.648. The lowest BCUT2D eigenvalue weighted by Crippen LogP contribution is -2.44. The predicted octanol–water partition coefficient (Wildman–Crippen LogP) is -0.434. The minimum absolute atomic E-state index is 0. The summed E-state index contributed by atoms with van der Waals surface area (Å²) < 4.78 is 4.82. The first-order chi connectivity index (χ1) is 3.80. The topological polar surface area (TPSA) is 55.5 Å². The zero-order valence-corrected chi connectivity index (χ0v) is 5.93. The molecule has 0 radical (unpaired) electrons. The molecule has 3 nitrogen and oxygen atoms in total. The normalized spacial score (nSPS) is 27.3. The van der Waals surface area contributed by atoms with E-state index in [0.29, 0.717) is 6.61 Å². The summed E-state index contributed by atoms with van der Waals surface area (Å²) in [7, 11) is -0.719. The van der Waals surface area contributed by atoms with E-state index in [4.69, 9.17) is 15.4 Å². The van der Waals surface area contributed by atoms with E-state index >= 15 is 0 Å². The van der Waals surface area contributed by atoms with Crippen LogP contribution in [0.4, 0.5) is 0 Å². The minimum Gasteiger partial charge on any atom is -0.426 e. The highest BCUT2D eigenvalue weighted by atomic mass is 35.5. The molecule has 1 rings (SSSR count). The van der Waals surface area contributed by atoms with Crippen LogP contribution in [0, 0.1) is 0 Å². The fourth-order valence-corrected chi connectivity index (χ4v) is 0.789. The molecule has 0 aliphatic carbocycles. The summed E-state index contributed by atoms with van der Waals surface area (Å²) in [6.07, 6.45) is 1.85. The van der Waals surface area contributed by atoms with Gasteiger partial charge in [0.05, 0.1) is 0 Å². The lowest BCUT2D eigenvalue weighted by atomic mass is 9.75. The third-order valence-electron chi connectivity index (χ3n) is 1.34. The molecule has 3 N–H and O–H groups in total. The monoisotopic (exact) mass is 151 g/mol. The highest BCUT2D eigenvalue weighted by Crippen LogP contribution is 2.05. The minimum atomic E-state index is -0.719. The van der Waals surface area contributed by atoms with E-state index < -0.39 is 7.12 Å². The second kappa shape index (κ2) is 4.11. The summed E-state index contributed by atoms with van der Waals surface area (Å²) in [5, 5.41) is 8.83. The molecule has 1 fully saturated rings. The largest absolute Gasteiger partial charge is 0.472 e. The molecule has 9 heavy (non-hydrogen) atoms. The van der Waals surface area contributed by atoms with E-state index in [2.05, 4.69) is 0 Å². The summed E-state index contributed by atoms with van der Waals surface area (Å²) >= 11 is 0. The average molecular weight is 151 g/mol. The van der Waals surface area contributed by atoms with Crippen molar-refractivity contribution in [2.45, 2.75) is 18.8 Å². The van der Waals surface area contributed by atoms with Crippen LogP contribution >= 0.6 is 12.4 Å². The van der Waals surface area contributed by atoms with Crippen molar-refractivity contribution in [2.24, 2.45) is 5.73 Å². The van der Waals surface area contributed by atoms with Gasteiger partial charge in [-0.15, -0.1) is 12.4 Å². The Morgan fingerprint density at radius 1 is 1.67 bits per heavy atom. The molecule has 1 saturated heterocycles. The molecule has 1 unspecified atom stereocenters. The van der Waals surface area contributed by atoms with Gasteiger partial charge >= 0.3 is 7.12 Å². The highest BCUT2D eigenvalue weighted by Gasteiger charge is 2.25. The molecule has 0 amide bonds. The molecule has 1 aliphatic heterocycles. The van der Waals surface area contributed by atoms with Crippen LogP contribution in [-0.4, -0.2) is 24.7 Å². The van der Waals surface area contributed by atoms with E-state index in [-0.39, 0.29) is 18.3 Å². The van der Waals surface area contributed by atoms with Gasteiger partial charge in [-0.2, -0.15) is 0 Å². The molecule has 0 spiro atoms. The Balaban J connectivity index is 0.000000640. The van der Waals surface area contributed by atoms with Gasteiger partial charge in [0.1, 0.15) is 0 Å². The van der Waals surface area contributed by atoms with Crippen molar-refractivity contribution >= 4 is 19.5 Å². The van der Waals surface area contributed by atoms with Gasteiger partial charge in [-0.25, -0.2) is 0 Å². The van der Waals surface area contributed by atoms with Gasteiger partial charge in [-0.05, 0) is 12.8 Å². The maximum Gasteiger partial charge on any atom is 0.472 e. The Kier molecular flexibility index (Phi) is 4.22. The first-order valence-corrected chi connectivity index (χ1v) is 2.86. The van der Waals surface area contributed by atoms with Gasteiger partial charge in [0.2, 0.25) is 0 Å². The van der Waals surface area contributed by atoms with Crippen LogP contribution in [0.25, 0.3) is 0 Å². The lowest BCUT2D eigenvalue weighted by molar-refractivity contribution is 0.214. The third kappa shape index (κ3) is 2.54. The molecule has 0 saturated carbocycles. The second-order valence-corrected chi connectivity index (χ2v) is 2.07. The Morgan fingerprint density at radius 2 is 2.33 bits per heavy atom. The van der Waals surface area contributed by atoms with Gasteiger partial charge in [-0.3, -0.25) is 0 Å². The summed E-state index contributed by atoms with van der Waals surface area (Å²) in [5.41, 5.74) is 5.40. The zero-order valence-electron chi connectivity index (χ0n) is 5.12. The van der Waals surface area contributed by atoms with Crippen molar-refractivity contribution in [1.29, 1.82) is 0 Å². The molecule has 5 heteroatoms. The van der Waals surface area contributed by atoms with Crippen LogP contribution in [0.15, 0.2) is 0 Å². The molecule has 0 aromatic rings. The molecule has 0 aromatic heterocycles. The number of rotatable bonds is 0. The van der Waals surface area contributed by atoms with Crippen molar-refractivity contribution in [3.8, 4) is 0 Å². The van der Waals surface area contributed by atoms with Crippen molar-refractivity contribution < 1.29 is 9.68 Å². The molecule has 1 atom stereocenters. The standard InChI is InChI=1S/C4H10BNO2.ClH/c6-4-2-1-3-8-5(4)7;/h4,7H,1-3,6H2;1H. The average Bonchev–Trinajstić information content (AvgIpc) is 1.77. The van der Waals surface area contributed by atoms with Crippen molar-refractivity contribution in [2.75, 3.05) is 6.61 Å². The van der Waals surface area contributed by atoms with Crippen LogP contribution in [0.1, 0.15) is 12.8 Å². The zero-order chi connectivity index (χ0) is 5.98. The van der Waals surface area contributed by atoms with Gasteiger partial charge in [0.25, 0.3) is 0 Å². The third-order valence-corrected chi connectivity index (χ3v) is 1.34. The Morgan fingerprint density at radius 3 is 2.67 bits per heavy atom. The van der Waals surface area contributed by atoms with E-state index in [1.54, 1.807) is 0 Å². The second-order valence-electron chi connectivity index (χ2n) is 2.07. The lowest BCUT2D eigenvalue weighted by Gasteiger charge is -2.19. The van der Waals surface area contributed by atoms with E-state index in [1.807, 2.05) is 0 Å². The predicted molar refractivity (Wildman–Crippen MR) is 38.4 cm³/mol. The van der Waals surface area contributed by atoms with E-state index in [1.165, 1.54) is 0 Å². The van der Waals surface area contributed by atoms with E-state index in [9.17, 15) is 0 Å². The SMILES string of the molecule is Cl.NC1CCCOB1O. The van der Waals surface area contributed by atoms with E-state index in [0.717, 1.165) is 12.8 Å². The Labute approximate surface area is 61.1 Å². The van der Waals surface area contributed by atoms with Gasteiger partial charge in [0.15, 0.2) is 0 Å². The van der Waals surface area contributed by atoms with Crippen molar-refractivity contribution in [1.82, 2.24) is 0 Å². The quantitative estimate of drug-likeness (QED) is 0.462. The van der Waals surface area contributed by atoms with Gasteiger partial charge in [0, 0.05) is 12.5 Å². The van der Waals surface area contributed by atoms with Crippen LogP contribution < -0.4 is 5.73 Å². The molecule has 54 valence electrons. The maximum absolute atomic E-state index is 8.83. The number of hydrogen-bond donors (Lipinski definition) is 2. The number of nitrogens with two attached hydrogens (primary N) is 1. The highest BCUT2D eigenvalue weighted by molar-refractivity contribution is 6.45. The summed E-state index contributed by atoms with van der Waals surface area (Å²) in [6, 6.07) is 0.